The summed E-state index contributed by atoms with van der Waals surface area (Å²) in [5, 5.41) is 5.26. The first-order valence-electron chi connectivity index (χ1n) is 6.79. The zero-order chi connectivity index (χ0) is 16.1. The quantitative estimate of drug-likeness (QED) is 0.539. The Hall–Kier alpha value is -2.95. The average Bonchev–Trinajstić information content (AvgIpc) is 2.59. The Labute approximate surface area is 133 Å². The topological polar surface area (TPSA) is 68.1 Å². The van der Waals surface area contributed by atoms with Gasteiger partial charge in [-0.25, -0.2) is 0 Å². The molecule has 23 heavy (non-hydrogen) atoms. The van der Waals surface area contributed by atoms with E-state index in [0.717, 1.165) is 10.8 Å². The van der Waals surface area contributed by atoms with Crippen molar-refractivity contribution in [3.63, 3.8) is 0 Å². The molecule has 3 aromatic rings. The third-order valence-electron chi connectivity index (χ3n) is 3.15. The molecule has 0 spiro atoms. The number of benzene rings is 3. The maximum atomic E-state index is 11.9. The maximum absolute atomic E-state index is 11.9. The molecule has 0 heterocycles. The largest absolute Gasteiger partial charge is 0.359 e. The van der Waals surface area contributed by atoms with Crippen LogP contribution in [-0.2, 0) is 14.4 Å². The van der Waals surface area contributed by atoms with Gasteiger partial charge in [-0.3, -0.25) is 4.28 Å². The number of hydrogen-bond donors (Lipinski definition) is 0. The van der Waals surface area contributed by atoms with Crippen LogP contribution in [0.25, 0.3) is 10.8 Å². The highest BCUT2D eigenvalue weighted by molar-refractivity contribution is 7.86. The van der Waals surface area contributed by atoms with Crippen LogP contribution in [0.4, 0.5) is 5.69 Å². The van der Waals surface area contributed by atoms with E-state index in [-0.39, 0.29) is 4.90 Å². The van der Waals surface area contributed by atoms with E-state index in [4.69, 9.17) is 0 Å². The zero-order valence-electron chi connectivity index (χ0n) is 12.0. The van der Waals surface area contributed by atoms with Crippen molar-refractivity contribution in [2.45, 2.75) is 4.90 Å². The number of hydrogen-bond acceptors (Lipinski definition) is 5. The number of rotatable bonds is 4. The molecule has 0 aromatic heterocycles. The van der Waals surface area contributed by atoms with Crippen molar-refractivity contribution >= 4 is 32.6 Å². The van der Waals surface area contributed by atoms with Crippen molar-refractivity contribution in [1.29, 1.82) is 0 Å². The van der Waals surface area contributed by atoms with E-state index in [1.54, 1.807) is 24.3 Å². The molecule has 3 rings (SSSR count). The first kappa shape index (κ1) is 15.0. The van der Waals surface area contributed by atoms with Gasteiger partial charge in [0.05, 0.1) is 5.69 Å². The lowest BCUT2D eigenvalue weighted by Gasteiger charge is -1.99. The molecule has 0 aliphatic rings. The number of nitrogens with zero attached hydrogens (tertiary/aromatic N) is 2. The summed E-state index contributed by atoms with van der Waals surface area (Å²) >= 11 is 0. The molecule has 0 amide bonds. The van der Waals surface area contributed by atoms with E-state index < -0.39 is 10.1 Å². The Balaban J connectivity index is 1.84. The summed E-state index contributed by atoms with van der Waals surface area (Å²) in [6.07, 6.45) is 0. The standard InChI is InChI=1S/C17H12N2O3S/c20-23(21,15-9-2-1-3-10-15)22-19-13-18-17-12-6-8-14-7-4-5-11-16(14)17/h1-12H. The van der Waals surface area contributed by atoms with Gasteiger partial charge >= 0.3 is 10.1 Å². The predicted octanol–water partition coefficient (Wildman–Crippen LogP) is 3.97. The van der Waals surface area contributed by atoms with Crippen LogP contribution in [0.1, 0.15) is 0 Å². The fourth-order valence-electron chi connectivity index (χ4n) is 2.08. The molecule has 0 radical (unpaired) electrons. The van der Waals surface area contributed by atoms with Crippen molar-refractivity contribution in [3.8, 4) is 0 Å². The Kier molecular flexibility index (Phi) is 4.19. The summed E-state index contributed by atoms with van der Waals surface area (Å²) in [6.45, 7) is 0. The van der Waals surface area contributed by atoms with Gasteiger partial charge in [-0.2, -0.15) is 13.4 Å². The molecule has 0 bridgehead atoms. The molecular formula is C17H12N2O3S. The summed E-state index contributed by atoms with van der Waals surface area (Å²) < 4.78 is 28.3. The van der Waals surface area contributed by atoms with Crippen LogP contribution < -0.4 is 0 Å². The number of fused-ring (bicyclic) bond motifs is 1. The monoisotopic (exact) mass is 324 g/mol. The normalized spacial score (nSPS) is 10.8. The minimum Gasteiger partial charge on any atom is -0.254 e. The Morgan fingerprint density at radius 2 is 1.52 bits per heavy atom. The van der Waals surface area contributed by atoms with E-state index in [2.05, 4.69) is 20.4 Å². The first-order valence-corrected chi connectivity index (χ1v) is 8.20. The molecule has 6 heteroatoms. The molecule has 5 nitrogen and oxygen atoms in total. The molecule has 0 saturated carbocycles. The highest BCUT2D eigenvalue weighted by Gasteiger charge is 2.14. The molecule has 0 unspecified atom stereocenters. The highest BCUT2D eigenvalue weighted by atomic mass is 32.2. The van der Waals surface area contributed by atoms with E-state index in [9.17, 15) is 8.42 Å². The van der Waals surface area contributed by atoms with E-state index in [1.165, 1.54) is 12.1 Å². The van der Waals surface area contributed by atoms with Crippen LogP contribution in [0, 0.1) is 0 Å². The molecule has 114 valence electrons. The van der Waals surface area contributed by atoms with Gasteiger partial charge in [0.1, 0.15) is 10.9 Å². The van der Waals surface area contributed by atoms with Crippen LogP contribution in [0.5, 0.6) is 0 Å². The SMILES string of the molecule is O=S(=O)(ON=C=Nc1cccc2ccccc12)c1ccccc1. The zero-order valence-corrected chi connectivity index (χ0v) is 12.8. The Morgan fingerprint density at radius 3 is 2.35 bits per heavy atom. The minimum atomic E-state index is -3.95. The van der Waals surface area contributed by atoms with Gasteiger partial charge in [-0.05, 0) is 23.6 Å². The molecule has 3 aromatic carbocycles. The second kappa shape index (κ2) is 6.44. The smallest absolute Gasteiger partial charge is 0.254 e. The molecule has 0 fully saturated rings. The van der Waals surface area contributed by atoms with Crippen LogP contribution in [0.2, 0.25) is 0 Å². The lowest BCUT2D eigenvalue weighted by atomic mass is 10.1. The minimum absolute atomic E-state index is 0.0238. The van der Waals surface area contributed by atoms with Crippen molar-refractivity contribution in [2.24, 2.45) is 10.1 Å². The lowest BCUT2D eigenvalue weighted by Crippen LogP contribution is -2.01. The predicted molar refractivity (Wildman–Crippen MR) is 88.2 cm³/mol. The lowest BCUT2D eigenvalue weighted by molar-refractivity contribution is 0.341. The summed E-state index contributed by atoms with van der Waals surface area (Å²) in [6, 6.07) is 23.3. The van der Waals surface area contributed by atoms with Gasteiger partial charge in [0.2, 0.25) is 0 Å². The number of aliphatic imine (C=N–C) groups is 1. The van der Waals surface area contributed by atoms with E-state index in [1.807, 2.05) is 36.4 Å². The fourth-order valence-corrected chi connectivity index (χ4v) is 2.78. The molecular weight excluding hydrogens is 312 g/mol. The second-order valence-corrected chi connectivity index (χ2v) is 6.17. The van der Waals surface area contributed by atoms with Crippen LogP contribution in [0.15, 0.2) is 87.8 Å². The third kappa shape index (κ3) is 3.45. The molecule has 0 saturated heterocycles. The highest BCUT2D eigenvalue weighted by Crippen LogP contribution is 2.24. The van der Waals surface area contributed by atoms with Crippen molar-refractivity contribution in [2.75, 3.05) is 0 Å². The van der Waals surface area contributed by atoms with Gasteiger partial charge in [-0.1, -0.05) is 54.6 Å². The summed E-state index contributed by atoms with van der Waals surface area (Å²) in [5.74, 6) is 0. The fraction of sp³-hybridized carbons (Fsp3) is 0. The van der Waals surface area contributed by atoms with Crippen molar-refractivity contribution in [3.05, 3.63) is 72.8 Å². The van der Waals surface area contributed by atoms with Crippen molar-refractivity contribution in [1.82, 2.24) is 0 Å². The van der Waals surface area contributed by atoms with E-state index in [0.29, 0.717) is 5.69 Å². The Morgan fingerprint density at radius 1 is 0.826 bits per heavy atom. The van der Waals surface area contributed by atoms with Crippen LogP contribution in [-0.4, -0.2) is 14.4 Å². The third-order valence-corrected chi connectivity index (χ3v) is 4.27. The second-order valence-electron chi connectivity index (χ2n) is 4.64. The van der Waals surface area contributed by atoms with Gasteiger partial charge < -0.3 is 0 Å². The summed E-state index contributed by atoms with van der Waals surface area (Å²) in [7, 11) is -3.95. The first-order chi connectivity index (χ1) is 11.2. The van der Waals surface area contributed by atoms with Gasteiger partial charge in [0, 0.05) is 10.5 Å². The average molecular weight is 324 g/mol. The summed E-state index contributed by atoms with van der Waals surface area (Å²) in [5.41, 5.74) is 0.632. The van der Waals surface area contributed by atoms with Gasteiger partial charge in [-0.15, -0.1) is 0 Å². The molecule has 0 aliphatic heterocycles. The van der Waals surface area contributed by atoms with Crippen LogP contribution in [0.3, 0.4) is 0 Å². The summed E-state index contributed by atoms with van der Waals surface area (Å²) in [4.78, 5) is 4.05. The Bertz CT molecular complexity index is 987. The van der Waals surface area contributed by atoms with E-state index >= 15 is 0 Å². The molecule has 0 N–H and O–H groups in total. The van der Waals surface area contributed by atoms with Gasteiger partial charge in [0.15, 0.2) is 0 Å². The molecule has 0 aliphatic carbocycles. The van der Waals surface area contributed by atoms with Crippen LogP contribution >= 0.6 is 0 Å². The maximum Gasteiger partial charge on any atom is 0.359 e. The molecule has 0 atom stereocenters. The van der Waals surface area contributed by atoms with Crippen molar-refractivity contribution < 1.29 is 12.7 Å². The van der Waals surface area contributed by atoms with Gasteiger partial charge in [0.25, 0.3) is 0 Å².